The van der Waals surface area contributed by atoms with E-state index in [2.05, 4.69) is 31.3 Å². The zero-order valence-corrected chi connectivity index (χ0v) is 10.6. The fourth-order valence-corrected chi connectivity index (χ4v) is 1.85. The summed E-state index contributed by atoms with van der Waals surface area (Å²) >= 11 is 3.45. The molecule has 4 nitrogen and oxygen atoms in total. The minimum Gasteiger partial charge on any atom is -0.384 e. The Morgan fingerprint density at radius 1 is 1.44 bits per heavy atom. The number of anilines is 1. The highest BCUT2D eigenvalue weighted by Crippen LogP contribution is 2.19. The second kappa shape index (κ2) is 5.12. The smallest absolute Gasteiger partial charge is 0.0590 e. The minimum atomic E-state index is 0.883. The van der Waals surface area contributed by atoms with Crippen molar-refractivity contribution in [2.75, 3.05) is 11.9 Å². The lowest BCUT2D eigenvalue weighted by atomic mass is 10.2. The van der Waals surface area contributed by atoms with Crippen molar-refractivity contribution in [2.24, 2.45) is 7.05 Å². The van der Waals surface area contributed by atoms with Crippen LogP contribution in [0.15, 0.2) is 35.3 Å². The van der Waals surface area contributed by atoms with Gasteiger partial charge in [0.25, 0.3) is 0 Å². The van der Waals surface area contributed by atoms with Gasteiger partial charge in [0, 0.05) is 32.2 Å². The van der Waals surface area contributed by atoms with E-state index in [1.54, 1.807) is 12.4 Å². The van der Waals surface area contributed by atoms with Gasteiger partial charge in [0.05, 0.1) is 16.4 Å². The van der Waals surface area contributed by atoms with Crippen LogP contribution >= 0.6 is 15.9 Å². The molecule has 2 rings (SSSR count). The number of pyridine rings is 1. The number of hydrogen-bond acceptors (Lipinski definition) is 3. The first-order valence-corrected chi connectivity index (χ1v) is 5.86. The molecule has 5 heteroatoms. The van der Waals surface area contributed by atoms with Crippen molar-refractivity contribution < 1.29 is 0 Å². The van der Waals surface area contributed by atoms with E-state index in [1.807, 2.05) is 30.2 Å². The van der Waals surface area contributed by atoms with Crippen LogP contribution < -0.4 is 5.32 Å². The van der Waals surface area contributed by atoms with Gasteiger partial charge in [-0.15, -0.1) is 0 Å². The molecule has 2 aromatic heterocycles. The molecule has 0 saturated heterocycles. The second-order valence-electron chi connectivity index (χ2n) is 3.55. The third-order valence-electron chi connectivity index (χ3n) is 2.26. The number of rotatable bonds is 4. The van der Waals surface area contributed by atoms with Gasteiger partial charge in [-0.3, -0.25) is 9.67 Å². The van der Waals surface area contributed by atoms with Crippen LogP contribution in [0.4, 0.5) is 5.69 Å². The minimum absolute atomic E-state index is 0.883. The number of hydrogen-bond donors (Lipinski definition) is 1. The van der Waals surface area contributed by atoms with E-state index >= 15 is 0 Å². The number of aryl methyl sites for hydroxylation is 1. The lowest BCUT2D eigenvalue weighted by Crippen LogP contribution is -2.04. The Bertz CT molecular complexity index is 467. The Kier molecular flexibility index (Phi) is 3.56. The van der Waals surface area contributed by atoms with Crippen molar-refractivity contribution in [3.05, 3.63) is 40.9 Å². The van der Waals surface area contributed by atoms with E-state index in [4.69, 9.17) is 0 Å². The molecule has 2 aromatic rings. The van der Waals surface area contributed by atoms with E-state index in [0.717, 1.165) is 23.1 Å². The first-order chi connectivity index (χ1) is 7.75. The van der Waals surface area contributed by atoms with Crippen molar-refractivity contribution in [1.29, 1.82) is 0 Å². The predicted molar refractivity (Wildman–Crippen MR) is 67.3 cm³/mol. The molecule has 0 unspecified atom stereocenters. The molecule has 0 fully saturated rings. The fraction of sp³-hybridized carbons (Fsp3) is 0.273. The number of nitrogens with one attached hydrogen (secondary N) is 1. The molecule has 0 atom stereocenters. The summed E-state index contributed by atoms with van der Waals surface area (Å²) in [5, 5.41) is 7.48. The summed E-state index contributed by atoms with van der Waals surface area (Å²) in [4.78, 5) is 4.01. The van der Waals surface area contributed by atoms with Gasteiger partial charge in [-0.2, -0.15) is 5.10 Å². The maximum absolute atomic E-state index is 4.13. The average molecular weight is 281 g/mol. The Morgan fingerprint density at radius 3 is 3.00 bits per heavy atom. The van der Waals surface area contributed by atoms with Gasteiger partial charge < -0.3 is 5.32 Å². The first kappa shape index (κ1) is 11.1. The van der Waals surface area contributed by atoms with Crippen LogP contribution in [0.5, 0.6) is 0 Å². The van der Waals surface area contributed by atoms with Gasteiger partial charge in [-0.05, 0) is 34.0 Å². The third-order valence-corrected chi connectivity index (χ3v) is 2.89. The zero-order valence-electron chi connectivity index (χ0n) is 9.02. The van der Waals surface area contributed by atoms with E-state index in [1.165, 1.54) is 5.56 Å². The standard InChI is InChI=1S/C11H13BrN4/c1-16-8-9(6-15-16)2-5-14-11-3-4-13-7-10(11)12/h3-4,6-8H,2,5H2,1H3,(H,13,14). The zero-order chi connectivity index (χ0) is 11.4. The van der Waals surface area contributed by atoms with Gasteiger partial charge in [-0.1, -0.05) is 0 Å². The summed E-state index contributed by atoms with van der Waals surface area (Å²) in [6.07, 6.45) is 8.44. The predicted octanol–water partition coefficient (Wildman–Crippen LogP) is 2.23. The summed E-state index contributed by atoms with van der Waals surface area (Å²) in [6.45, 7) is 0.883. The van der Waals surface area contributed by atoms with E-state index in [9.17, 15) is 0 Å². The SMILES string of the molecule is Cn1cc(CCNc2ccncc2Br)cn1. The van der Waals surface area contributed by atoms with Crippen molar-refractivity contribution in [2.45, 2.75) is 6.42 Å². The molecule has 0 aliphatic carbocycles. The normalized spacial score (nSPS) is 10.4. The van der Waals surface area contributed by atoms with Crippen molar-refractivity contribution in [3.8, 4) is 0 Å². The first-order valence-electron chi connectivity index (χ1n) is 5.06. The molecule has 0 aliphatic heterocycles. The van der Waals surface area contributed by atoms with Crippen LogP contribution in [0.25, 0.3) is 0 Å². The van der Waals surface area contributed by atoms with E-state index in [-0.39, 0.29) is 0 Å². The van der Waals surface area contributed by atoms with Crippen molar-refractivity contribution in [3.63, 3.8) is 0 Å². The van der Waals surface area contributed by atoms with Gasteiger partial charge in [0.1, 0.15) is 0 Å². The maximum Gasteiger partial charge on any atom is 0.0590 e. The Morgan fingerprint density at radius 2 is 2.31 bits per heavy atom. The Hall–Kier alpha value is -1.36. The highest BCUT2D eigenvalue weighted by Gasteiger charge is 1.99. The molecule has 0 bridgehead atoms. The molecule has 84 valence electrons. The summed E-state index contributed by atoms with van der Waals surface area (Å²) in [5.41, 5.74) is 2.30. The summed E-state index contributed by atoms with van der Waals surface area (Å²) < 4.78 is 2.80. The number of aromatic nitrogens is 3. The van der Waals surface area contributed by atoms with Gasteiger partial charge in [0.15, 0.2) is 0 Å². The second-order valence-corrected chi connectivity index (χ2v) is 4.41. The van der Waals surface area contributed by atoms with Crippen LogP contribution in [0.1, 0.15) is 5.56 Å². The lowest BCUT2D eigenvalue weighted by Gasteiger charge is -2.06. The Labute approximate surface area is 103 Å². The maximum atomic E-state index is 4.13. The van der Waals surface area contributed by atoms with Crippen LogP contribution in [0.3, 0.4) is 0 Å². The van der Waals surface area contributed by atoms with Crippen molar-refractivity contribution >= 4 is 21.6 Å². The lowest BCUT2D eigenvalue weighted by molar-refractivity contribution is 0.767. The van der Waals surface area contributed by atoms with Crippen LogP contribution in [0.2, 0.25) is 0 Å². The van der Waals surface area contributed by atoms with E-state index < -0.39 is 0 Å². The summed E-state index contributed by atoms with van der Waals surface area (Å²) in [6, 6.07) is 1.95. The van der Waals surface area contributed by atoms with Gasteiger partial charge in [-0.25, -0.2) is 0 Å². The van der Waals surface area contributed by atoms with E-state index in [0.29, 0.717) is 0 Å². The van der Waals surface area contributed by atoms with Crippen LogP contribution in [-0.4, -0.2) is 21.3 Å². The molecule has 0 aliphatic rings. The van der Waals surface area contributed by atoms with Gasteiger partial charge in [0.2, 0.25) is 0 Å². The summed E-state index contributed by atoms with van der Waals surface area (Å²) in [7, 11) is 1.93. The molecule has 1 N–H and O–H groups in total. The Balaban J connectivity index is 1.87. The average Bonchev–Trinajstić information content (AvgIpc) is 2.67. The molecule has 0 spiro atoms. The van der Waals surface area contributed by atoms with Crippen LogP contribution in [-0.2, 0) is 13.5 Å². The quantitative estimate of drug-likeness (QED) is 0.934. The number of halogens is 1. The van der Waals surface area contributed by atoms with Crippen molar-refractivity contribution in [1.82, 2.24) is 14.8 Å². The third kappa shape index (κ3) is 2.82. The molecular formula is C11H13BrN4. The monoisotopic (exact) mass is 280 g/mol. The highest BCUT2D eigenvalue weighted by molar-refractivity contribution is 9.10. The highest BCUT2D eigenvalue weighted by atomic mass is 79.9. The summed E-state index contributed by atoms with van der Waals surface area (Å²) in [5.74, 6) is 0. The molecular weight excluding hydrogens is 268 g/mol. The molecule has 0 amide bonds. The molecule has 0 aromatic carbocycles. The largest absolute Gasteiger partial charge is 0.384 e. The molecule has 0 radical (unpaired) electrons. The molecule has 2 heterocycles. The van der Waals surface area contributed by atoms with Crippen LogP contribution in [0, 0.1) is 0 Å². The molecule has 0 saturated carbocycles. The molecule has 16 heavy (non-hydrogen) atoms. The van der Waals surface area contributed by atoms with Gasteiger partial charge >= 0.3 is 0 Å². The number of nitrogens with zero attached hydrogens (tertiary/aromatic N) is 3. The fourth-order valence-electron chi connectivity index (χ4n) is 1.46. The topological polar surface area (TPSA) is 42.7 Å².